The summed E-state index contributed by atoms with van der Waals surface area (Å²) in [6.45, 7) is 3.69. The van der Waals surface area contributed by atoms with E-state index in [-0.39, 0.29) is 5.91 Å². The van der Waals surface area contributed by atoms with Gasteiger partial charge in [-0.2, -0.15) is 0 Å². The Bertz CT molecular complexity index is 457. The maximum absolute atomic E-state index is 12.5. The van der Waals surface area contributed by atoms with Gasteiger partial charge in [0, 0.05) is 18.7 Å². The number of hydrogen-bond acceptors (Lipinski definition) is 2. The molecule has 0 heterocycles. The molecule has 1 fully saturated rings. The van der Waals surface area contributed by atoms with Crippen LogP contribution in [0.4, 0.5) is 0 Å². The van der Waals surface area contributed by atoms with Crippen LogP contribution in [0.1, 0.15) is 36.5 Å². The van der Waals surface area contributed by atoms with Crippen LogP contribution in [0.25, 0.3) is 0 Å². The van der Waals surface area contributed by atoms with Crippen molar-refractivity contribution in [3.63, 3.8) is 0 Å². The van der Waals surface area contributed by atoms with Crippen molar-refractivity contribution in [1.29, 1.82) is 0 Å². The van der Waals surface area contributed by atoms with E-state index in [2.05, 4.69) is 15.9 Å². The summed E-state index contributed by atoms with van der Waals surface area (Å²) in [6.07, 6.45) is 3.83. The lowest BCUT2D eigenvalue weighted by atomic mass is 9.85. The highest BCUT2D eigenvalue weighted by molar-refractivity contribution is 9.10. The minimum Gasteiger partial charge on any atom is -0.496 e. The highest BCUT2D eigenvalue weighted by Crippen LogP contribution is 2.29. The van der Waals surface area contributed by atoms with Crippen molar-refractivity contribution in [1.82, 2.24) is 4.90 Å². The van der Waals surface area contributed by atoms with Crippen molar-refractivity contribution >= 4 is 21.8 Å². The summed E-state index contributed by atoms with van der Waals surface area (Å²) in [7, 11) is 1.62. The minimum absolute atomic E-state index is 0.109. The Labute approximate surface area is 123 Å². The van der Waals surface area contributed by atoms with E-state index >= 15 is 0 Å². The van der Waals surface area contributed by atoms with Crippen LogP contribution in [0.3, 0.4) is 0 Å². The van der Waals surface area contributed by atoms with E-state index in [0.717, 1.165) is 23.3 Å². The second-order valence-corrected chi connectivity index (χ2v) is 5.84. The molecule has 0 aromatic heterocycles. The number of carbonyl (C=O) groups excluding carboxylic acids is 1. The first kappa shape index (κ1) is 14.4. The predicted octanol–water partition coefficient (Wildman–Crippen LogP) is 3.72. The smallest absolute Gasteiger partial charge is 0.253 e. The normalized spacial score (nSPS) is 14.9. The van der Waals surface area contributed by atoms with Crippen molar-refractivity contribution in [2.45, 2.75) is 26.2 Å². The Morgan fingerprint density at radius 3 is 2.68 bits per heavy atom. The Hall–Kier alpha value is -1.03. The van der Waals surface area contributed by atoms with Crippen molar-refractivity contribution in [3.05, 3.63) is 28.2 Å². The molecule has 4 heteroatoms. The quantitative estimate of drug-likeness (QED) is 0.825. The molecule has 19 heavy (non-hydrogen) atoms. The summed E-state index contributed by atoms with van der Waals surface area (Å²) in [5, 5.41) is 0. The molecule has 0 radical (unpaired) electrons. The summed E-state index contributed by atoms with van der Waals surface area (Å²) in [5.74, 6) is 1.56. The summed E-state index contributed by atoms with van der Waals surface area (Å²) >= 11 is 3.43. The molecule has 0 saturated heterocycles. The Morgan fingerprint density at radius 2 is 2.21 bits per heavy atom. The Kier molecular flexibility index (Phi) is 4.86. The lowest BCUT2D eigenvalue weighted by Crippen LogP contribution is -2.37. The fourth-order valence-electron chi connectivity index (χ4n) is 2.32. The number of amides is 1. The van der Waals surface area contributed by atoms with Crippen LogP contribution in [0.5, 0.6) is 5.75 Å². The van der Waals surface area contributed by atoms with Gasteiger partial charge in [-0.05, 0) is 59.8 Å². The van der Waals surface area contributed by atoms with Gasteiger partial charge in [-0.25, -0.2) is 0 Å². The zero-order chi connectivity index (χ0) is 13.8. The number of ether oxygens (including phenoxy) is 1. The first-order valence-electron chi connectivity index (χ1n) is 6.78. The first-order valence-corrected chi connectivity index (χ1v) is 7.57. The number of methoxy groups -OCH3 is 1. The molecule has 1 aliphatic rings. The lowest BCUT2D eigenvalue weighted by Gasteiger charge is -2.31. The van der Waals surface area contributed by atoms with Crippen LogP contribution in [0, 0.1) is 5.92 Å². The van der Waals surface area contributed by atoms with Gasteiger partial charge in [0.25, 0.3) is 5.91 Å². The number of carbonyl (C=O) groups is 1. The largest absolute Gasteiger partial charge is 0.496 e. The summed E-state index contributed by atoms with van der Waals surface area (Å²) in [6, 6.07) is 5.49. The third-order valence-corrected chi connectivity index (χ3v) is 4.39. The van der Waals surface area contributed by atoms with Gasteiger partial charge in [0.05, 0.1) is 11.6 Å². The molecule has 0 aliphatic heterocycles. The van der Waals surface area contributed by atoms with Gasteiger partial charge >= 0.3 is 0 Å². The summed E-state index contributed by atoms with van der Waals surface area (Å²) in [5.41, 5.74) is 0.717. The van der Waals surface area contributed by atoms with E-state index in [4.69, 9.17) is 4.74 Å². The van der Waals surface area contributed by atoms with Crippen LogP contribution in [-0.4, -0.2) is 31.0 Å². The second-order valence-electron chi connectivity index (χ2n) is 4.99. The van der Waals surface area contributed by atoms with E-state index in [9.17, 15) is 4.79 Å². The molecule has 0 unspecified atom stereocenters. The van der Waals surface area contributed by atoms with Gasteiger partial charge in [-0.1, -0.05) is 6.42 Å². The summed E-state index contributed by atoms with van der Waals surface area (Å²) < 4.78 is 6.01. The van der Waals surface area contributed by atoms with Gasteiger partial charge in [0.15, 0.2) is 0 Å². The van der Waals surface area contributed by atoms with Crippen LogP contribution >= 0.6 is 15.9 Å². The van der Waals surface area contributed by atoms with E-state index in [1.807, 2.05) is 30.0 Å². The van der Waals surface area contributed by atoms with Crippen molar-refractivity contribution in [2.75, 3.05) is 20.2 Å². The molecular weight excluding hydrogens is 306 g/mol. The molecule has 0 N–H and O–H groups in total. The molecule has 2 rings (SSSR count). The standard InChI is InChI=1S/C15H20BrNO2/c1-3-17(10-11-5-4-6-11)15(18)12-7-8-14(19-2)13(16)9-12/h7-9,11H,3-6,10H2,1-2H3. The highest BCUT2D eigenvalue weighted by atomic mass is 79.9. The molecule has 0 spiro atoms. The molecule has 1 aliphatic carbocycles. The first-order chi connectivity index (χ1) is 9.15. The predicted molar refractivity (Wildman–Crippen MR) is 79.6 cm³/mol. The zero-order valence-corrected chi connectivity index (χ0v) is 13.1. The van der Waals surface area contributed by atoms with Gasteiger partial charge in [0.2, 0.25) is 0 Å². The Morgan fingerprint density at radius 1 is 1.47 bits per heavy atom. The maximum atomic E-state index is 12.5. The molecule has 0 atom stereocenters. The molecular formula is C15H20BrNO2. The van der Waals surface area contributed by atoms with Crippen molar-refractivity contribution < 1.29 is 9.53 Å². The number of halogens is 1. The average Bonchev–Trinajstić information content (AvgIpc) is 2.37. The van der Waals surface area contributed by atoms with Crippen LogP contribution in [0.15, 0.2) is 22.7 Å². The fourth-order valence-corrected chi connectivity index (χ4v) is 2.87. The molecule has 1 aromatic rings. The van der Waals surface area contributed by atoms with Gasteiger partial charge in [-0.15, -0.1) is 0 Å². The van der Waals surface area contributed by atoms with Gasteiger partial charge in [0.1, 0.15) is 5.75 Å². The molecule has 1 saturated carbocycles. The second kappa shape index (κ2) is 6.42. The van der Waals surface area contributed by atoms with E-state index in [1.165, 1.54) is 19.3 Å². The fraction of sp³-hybridized carbons (Fsp3) is 0.533. The van der Waals surface area contributed by atoms with Crippen molar-refractivity contribution in [2.24, 2.45) is 5.92 Å². The lowest BCUT2D eigenvalue weighted by molar-refractivity contribution is 0.0706. The van der Waals surface area contributed by atoms with Crippen molar-refractivity contribution in [3.8, 4) is 5.75 Å². The third-order valence-electron chi connectivity index (χ3n) is 3.77. The van der Waals surface area contributed by atoms with Gasteiger partial charge < -0.3 is 9.64 Å². The topological polar surface area (TPSA) is 29.5 Å². The van der Waals surface area contributed by atoms with Crippen LogP contribution in [0.2, 0.25) is 0 Å². The number of benzene rings is 1. The average molecular weight is 326 g/mol. The monoisotopic (exact) mass is 325 g/mol. The van der Waals surface area contributed by atoms with E-state index in [1.54, 1.807) is 7.11 Å². The molecule has 0 bridgehead atoms. The Balaban J connectivity index is 2.09. The molecule has 1 aromatic carbocycles. The third kappa shape index (κ3) is 3.30. The maximum Gasteiger partial charge on any atom is 0.253 e. The number of nitrogens with zero attached hydrogens (tertiary/aromatic N) is 1. The molecule has 3 nitrogen and oxygen atoms in total. The highest BCUT2D eigenvalue weighted by Gasteiger charge is 2.23. The SMILES string of the molecule is CCN(CC1CCC1)C(=O)c1ccc(OC)c(Br)c1. The number of rotatable bonds is 5. The zero-order valence-electron chi connectivity index (χ0n) is 11.5. The number of hydrogen-bond donors (Lipinski definition) is 0. The van der Waals surface area contributed by atoms with E-state index in [0.29, 0.717) is 11.5 Å². The van der Waals surface area contributed by atoms with Crippen LogP contribution in [-0.2, 0) is 0 Å². The summed E-state index contributed by atoms with van der Waals surface area (Å²) in [4.78, 5) is 14.4. The van der Waals surface area contributed by atoms with Crippen LogP contribution < -0.4 is 4.74 Å². The molecule has 104 valence electrons. The molecule has 1 amide bonds. The van der Waals surface area contributed by atoms with E-state index < -0.39 is 0 Å². The van der Waals surface area contributed by atoms with Gasteiger partial charge in [-0.3, -0.25) is 4.79 Å². The minimum atomic E-state index is 0.109.